The van der Waals surface area contributed by atoms with Gasteiger partial charge < -0.3 is 19.3 Å². The molecule has 2 heterocycles. The van der Waals surface area contributed by atoms with Gasteiger partial charge in [0.25, 0.3) is 5.56 Å². The van der Waals surface area contributed by atoms with Crippen LogP contribution in [-0.4, -0.2) is 40.3 Å². The Kier molecular flexibility index (Phi) is 4.99. The Bertz CT molecular complexity index is 627. The van der Waals surface area contributed by atoms with Crippen molar-refractivity contribution in [3.05, 3.63) is 44.3 Å². The van der Waals surface area contributed by atoms with Crippen molar-refractivity contribution < 1.29 is 19.3 Å². The number of hydrogen-bond donors (Lipinski definition) is 2. The molecule has 0 amide bonds. The SMILES string of the molecule is C=COC(OC)[C@H]1O[C@@H](n2cc(Br)c(=O)[nH]c2=O)C[C@@H]1O. The maximum atomic E-state index is 11.8. The normalized spacial score (nSPS) is 26.5. The molecule has 1 unspecified atom stereocenters. The number of aromatic nitrogens is 2. The van der Waals surface area contributed by atoms with Crippen LogP contribution < -0.4 is 11.2 Å². The highest BCUT2D eigenvalue weighted by atomic mass is 79.9. The van der Waals surface area contributed by atoms with Gasteiger partial charge in [0.2, 0.25) is 6.29 Å². The molecule has 116 valence electrons. The van der Waals surface area contributed by atoms with E-state index in [1.807, 2.05) is 0 Å². The van der Waals surface area contributed by atoms with Gasteiger partial charge in [-0.25, -0.2) is 4.79 Å². The zero-order valence-electron chi connectivity index (χ0n) is 11.2. The summed E-state index contributed by atoms with van der Waals surface area (Å²) in [5.74, 6) is 0. The lowest BCUT2D eigenvalue weighted by atomic mass is 10.1. The first kappa shape index (κ1) is 16.0. The van der Waals surface area contributed by atoms with Crippen LogP contribution in [0.1, 0.15) is 12.6 Å². The number of aliphatic hydroxyl groups is 1. The van der Waals surface area contributed by atoms with Crippen LogP contribution in [0.2, 0.25) is 0 Å². The lowest BCUT2D eigenvalue weighted by Gasteiger charge is -2.23. The zero-order valence-corrected chi connectivity index (χ0v) is 12.8. The van der Waals surface area contributed by atoms with Crippen LogP contribution in [0.4, 0.5) is 0 Å². The van der Waals surface area contributed by atoms with Crippen molar-refractivity contribution in [2.24, 2.45) is 0 Å². The lowest BCUT2D eigenvalue weighted by molar-refractivity contribution is -0.186. The van der Waals surface area contributed by atoms with E-state index in [2.05, 4.69) is 27.5 Å². The van der Waals surface area contributed by atoms with Crippen molar-refractivity contribution in [2.45, 2.75) is 31.1 Å². The fourth-order valence-electron chi connectivity index (χ4n) is 2.13. The van der Waals surface area contributed by atoms with Gasteiger partial charge in [0.05, 0.1) is 16.8 Å². The second kappa shape index (κ2) is 6.56. The van der Waals surface area contributed by atoms with Crippen molar-refractivity contribution in [1.29, 1.82) is 0 Å². The molecule has 2 rings (SSSR count). The Hall–Kier alpha value is -1.42. The van der Waals surface area contributed by atoms with Crippen LogP contribution in [0.25, 0.3) is 0 Å². The summed E-state index contributed by atoms with van der Waals surface area (Å²) in [5, 5.41) is 10.0. The third-order valence-corrected chi connectivity index (χ3v) is 3.67. The van der Waals surface area contributed by atoms with E-state index in [1.54, 1.807) is 0 Å². The monoisotopic (exact) mass is 362 g/mol. The van der Waals surface area contributed by atoms with Crippen LogP contribution in [0, 0.1) is 0 Å². The molecule has 1 saturated heterocycles. The van der Waals surface area contributed by atoms with E-state index >= 15 is 0 Å². The molecule has 1 aliphatic rings. The third-order valence-electron chi connectivity index (χ3n) is 3.10. The minimum Gasteiger partial charge on any atom is -0.470 e. The number of H-pyrrole nitrogens is 1. The van der Waals surface area contributed by atoms with E-state index in [4.69, 9.17) is 14.2 Å². The van der Waals surface area contributed by atoms with Crippen molar-refractivity contribution in [3.8, 4) is 0 Å². The maximum Gasteiger partial charge on any atom is 0.330 e. The molecule has 1 fully saturated rings. The predicted octanol–water partition coefficient (Wildman–Crippen LogP) is 0.0801. The van der Waals surface area contributed by atoms with Gasteiger partial charge in [-0.1, -0.05) is 6.58 Å². The molecule has 8 nitrogen and oxygen atoms in total. The largest absolute Gasteiger partial charge is 0.470 e. The van der Waals surface area contributed by atoms with Crippen molar-refractivity contribution in [3.63, 3.8) is 0 Å². The number of ether oxygens (including phenoxy) is 3. The smallest absolute Gasteiger partial charge is 0.330 e. The summed E-state index contributed by atoms with van der Waals surface area (Å²) in [6.45, 7) is 3.42. The van der Waals surface area contributed by atoms with Gasteiger partial charge in [-0.2, -0.15) is 0 Å². The second-order valence-corrected chi connectivity index (χ2v) is 5.26. The summed E-state index contributed by atoms with van der Waals surface area (Å²) in [6.07, 6.45) is -0.602. The summed E-state index contributed by atoms with van der Waals surface area (Å²) in [7, 11) is 1.40. The highest BCUT2D eigenvalue weighted by Gasteiger charge is 2.41. The zero-order chi connectivity index (χ0) is 15.6. The Balaban J connectivity index is 2.25. The standard InChI is InChI=1S/C12H15BrN2O6/c1-3-20-11(19-2)9-7(16)4-8(21-9)15-5-6(13)10(17)14-12(15)18/h3,5,7-9,11,16H,1,4H2,2H3,(H,14,17,18)/t7-,8+,9-,11?/m0/s1. The molecule has 0 aliphatic carbocycles. The van der Waals surface area contributed by atoms with Crippen molar-refractivity contribution in [2.75, 3.05) is 7.11 Å². The van der Waals surface area contributed by atoms with Gasteiger partial charge in [0, 0.05) is 19.7 Å². The summed E-state index contributed by atoms with van der Waals surface area (Å²) in [6, 6.07) is 0. The molecule has 1 aliphatic heterocycles. The van der Waals surface area contributed by atoms with Crippen LogP contribution >= 0.6 is 15.9 Å². The molecule has 21 heavy (non-hydrogen) atoms. The van der Waals surface area contributed by atoms with Crippen LogP contribution in [0.15, 0.2) is 33.1 Å². The molecule has 9 heteroatoms. The van der Waals surface area contributed by atoms with Gasteiger partial charge in [-0.05, 0) is 15.9 Å². The van der Waals surface area contributed by atoms with E-state index < -0.39 is 36.0 Å². The van der Waals surface area contributed by atoms with E-state index in [1.165, 1.54) is 24.1 Å². The summed E-state index contributed by atoms with van der Waals surface area (Å²) >= 11 is 3.04. The Morgan fingerprint density at radius 3 is 3.00 bits per heavy atom. The highest BCUT2D eigenvalue weighted by Crippen LogP contribution is 2.30. The Morgan fingerprint density at radius 1 is 1.67 bits per heavy atom. The molecule has 4 atom stereocenters. The fraction of sp³-hybridized carbons (Fsp3) is 0.500. The number of nitrogens with one attached hydrogen (secondary N) is 1. The Morgan fingerprint density at radius 2 is 2.38 bits per heavy atom. The Labute approximate surface area is 128 Å². The fourth-order valence-corrected chi connectivity index (χ4v) is 2.45. The molecule has 1 aromatic rings. The molecule has 0 radical (unpaired) electrons. The molecule has 1 aromatic heterocycles. The number of halogens is 1. The highest BCUT2D eigenvalue weighted by molar-refractivity contribution is 9.10. The maximum absolute atomic E-state index is 11.8. The summed E-state index contributed by atoms with van der Waals surface area (Å²) < 4.78 is 17.2. The van der Waals surface area contributed by atoms with Crippen LogP contribution in [0.3, 0.4) is 0 Å². The molecule has 0 aromatic carbocycles. The topological polar surface area (TPSA) is 103 Å². The van der Waals surface area contributed by atoms with Gasteiger partial charge in [-0.15, -0.1) is 0 Å². The first-order valence-electron chi connectivity index (χ1n) is 6.11. The molecule has 2 N–H and O–H groups in total. The van der Waals surface area contributed by atoms with Crippen LogP contribution in [-0.2, 0) is 14.2 Å². The van der Waals surface area contributed by atoms with E-state index in [9.17, 15) is 14.7 Å². The van der Waals surface area contributed by atoms with E-state index in [0.717, 1.165) is 0 Å². The quantitative estimate of drug-likeness (QED) is 0.568. The third kappa shape index (κ3) is 3.26. The molecule has 0 spiro atoms. The number of nitrogens with zero attached hydrogens (tertiary/aromatic N) is 1. The summed E-state index contributed by atoms with van der Waals surface area (Å²) in [4.78, 5) is 25.3. The van der Waals surface area contributed by atoms with Gasteiger partial charge in [0.1, 0.15) is 12.3 Å². The van der Waals surface area contributed by atoms with Gasteiger partial charge in [0.15, 0.2) is 0 Å². The molecular formula is C12H15BrN2O6. The predicted molar refractivity (Wildman–Crippen MR) is 75.6 cm³/mol. The summed E-state index contributed by atoms with van der Waals surface area (Å²) in [5.41, 5.74) is -1.16. The van der Waals surface area contributed by atoms with Gasteiger partial charge >= 0.3 is 5.69 Å². The van der Waals surface area contributed by atoms with Gasteiger partial charge in [-0.3, -0.25) is 14.3 Å². The number of aliphatic hydroxyl groups excluding tert-OH is 1. The second-order valence-electron chi connectivity index (χ2n) is 4.41. The first-order valence-corrected chi connectivity index (χ1v) is 6.91. The minimum absolute atomic E-state index is 0.156. The number of rotatable bonds is 5. The van der Waals surface area contributed by atoms with Crippen molar-refractivity contribution in [1.82, 2.24) is 9.55 Å². The average molecular weight is 363 g/mol. The number of hydrogen-bond acceptors (Lipinski definition) is 6. The lowest BCUT2D eigenvalue weighted by Crippen LogP contribution is -2.37. The molecular weight excluding hydrogens is 348 g/mol. The van der Waals surface area contributed by atoms with Crippen LogP contribution in [0.5, 0.6) is 0 Å². The number of methoxy groups -OCH3 is 1. The molecule has 0 bridgehead atoms. The van der Waals surface area contributed by atoms with Crippen molar-refractivity contribution >= 4 is 15.9 Å². The van der Waals surface area contributed by atoms with E-state index in [0.29, 0.717) is 0 Å². The minimum atomic E-state index is -0.891. The first-order chi connectivity index (χ1) is 9.97. The molecule has 0 saturated carbocycles. The number of aromatic amines is 1. The van der Waals surface area contributed by atoms with E-state index in [-0.39, 0.29) is 10.9 Å². The average Bonchev–Trinajstić information content (AvgIpc) is 2.82.